The number of para-hydroxylation sites is 1. The van der Waals surface area contributed by atoms with E-state index in [0.717, 1.165) is 18.5 Å². The van der Waals surface area contributed by atoms with Gasteiger partial charge in [0, 0.05) is 11.3 Å². The molecule has 0 atom stereocenters. The van der Waals surface area contributed by atoms with Gasteiger partial charge in [-0.15, -0.1) is 0 Å². The smallest absolute Gasteiger partial charge is 0.325 e. The largest absolute Gasteiger partial charge is 0.494 e. The van der Waals surface area contributed by atoms with Gasteiger partial charge >= 0.3 is 5.97 Å². The molecule has 0 unspecified atom stereocenters. The van der Waals surface area contributed by atoms with Crippen molar-refractivity contribution in [2.75, 3.05) is 24.2 Å². The van der Waals surface area contributed by atoms with E-state index in [1.807, 2.05) is 30.3 Å². The molecule has 1 aromatic heterocycles. The molecule has 0 saturated heterocycles. The predicted molar refractivity (Wildman–Crippen MR) is 123 cm³/mol. The molecule has 0 aliphatic rings. The highest BCUT2D eigenvalue weighted by Gasteiger charge is 2.11. The molecule has 0 bridgehead atoms. The standard InChI is InChI=1S/C23H26N6O4/c1-2-3-13-32-18-11-9-16(10-12-18)21(31)25-14-20(30)33-15-19-27-22(24)29-23(28-19)26-17-7-5-4-6-8-17/h4-12H,2-3,13-15H2,1H3,(H,25,31)(H3,24,26,27,28,29). The first-order valence-corrected chi connectivity index (χ1v) is 10.5. The van der Waals surface area contributed by atoms with Gasteiger partial charge in [-0.25, -0.2) is 0 Å². The number of nitrogens with two attached hydrogens (primary N) is 1. The number of carbonyl (C=O) groups excluding carboxylic acids is 2. The molecule has 10 heteroatoms. The lowest BCUT2D eigenvalue weighted by Gasteiger charge is -2.09. The Kier molecular flexibility index (Phi) is 8.52. The number of esters is 1. The number of nitrogen functional groups attached to an aromatic ring is 1. The Hall–Kier alpha value is -4.21. The first-order valence-electron chi connectivity index (χ1n) is 10.5. The second kappa shape index (κ2) is 12.0. The van der Waals surface area contributed by atoms with Gasteiger partial charge in [0.05, 0.1) is 6.61 Å². The van der Waals surface area contributed by atoms with Crippen LogP contribution < -0.4 is 21.1 Å². The molecular formula is C23H26N6O4. The Labute approximate surface area is 191 Å². The van der Waals surface area contributed by atoms with Crippen LogP contribution in [0.3, 0.4) is 0 Å². The number of aromatic nitrogens is 3. The second-order valence-corrected chi connectivity index (χ2v) is 6.99. The van der Waals surface area contributed by atoms with Crippen LogP contribution in [-0.2, 0) is 16.1 Å². The van der Waals surface area contributed by atoms with Crippen LogP contribution >= 0.6 is 0 Å². The van der Waals surface area contributed by atoms with Gasteiger partial charge in [0.2, 0.25) is 11.9 Å². The van der Waals surface area contributed by atoms with Crippen LogP contribution in [-0.4, -0.2) is 40.0 Å². The zero-order chi connectivity index (χ0) is 23.5. The Balaban J connectivity index is 1.46. The summed E-state index contributed by atoms with van der Waals surface area (Å²) in [5.41, 5.74) is 6.90. The topological polar surface area (TPSA) is 141 Å². The molecule has 172 valence electrons. The summed E-state index contributed by atoms with van der Waals surface area (Å²) in [5, 5.41) is 5.52. The van der Waals surface area contributed by atoms with Crippen molar-refractivity contribution >= 4 is 29.5 Å². The predicted octanol–water partition coefficient (Wildman–Crippen LogP) is 2.85. The van der Waals surface area contributed by atoms with Crippen LogP contribution in [0.15, 0.2) is 54.6 Å². The number of nitrogens with zero attached hydrogens (tertiary/aromatic N) is 3. The summed E-state index contributed by atoms with van der Waals surface area (Å²) in [6.45, 7) is 2.20. The fraction of sp³-hybridized carbons (Fsp3) is 0.261. The summed E-state index contributed by atoms with van der Waals surface area (Å²) in [6.07, 6.45) is 2.01. The number of amides is 1. The molecule has 0 radical (unpaired) electrons. The Morgan fingerprint density at radius 2 is 1.76 bits per heavy atom. The minimum Gasteiger partial charge on any atom is -0.494 e. The average molecular weight is 450 g/mol. The highest BCUT2D eigenvalue weighted by molar-refractivity contribution is 5.96. The molecular weight excluding hydrogens is 424 g/mol. The number of anilines is 3. The summed E-state index contributed by atoms with van der Waals surface area (Å²) in [7, 11) is 0. The lowest BCUT2D eigenvalue weighted by Crippen LogP contribution is -2.30. The van der Waals surface area contributed by atoms with Crippen LogP contribution in [0.25, 0.3) is 0 Å². The van der Waals surface area contributed by atoms with E-state index in [-0.39, 0.29) is 30.9 Å². The van der Waals surface area contributed by atoms with Crippen LogP contribution in [0.4, 0.5) is 17.6 Å². The number of unbranched alkanes of at least 4 members (excludes halogenated alkanes) is 1. The van der Waals surface area contributed by atoms with Crippen LogP contribution in [0.2, 0.25) is 0 Å². The van der Waals surface area contributed by atoms with Crippen LogP contribution in [0.5, 0.6) is 5.75 Å². The van der Waals surface area contributed by atoms with E-state index in [9.17, 15) is 9.59 Å². The molecule has 1 heterocycles. The van der Waals surface area contributed by atoms with E-state index in [1.54, 1.807) is 24.3 Å². The Morgan fingerprint density at radius 1 is 1.00 bits per heavy atom. The normalized spacial score (nSPS) is 10.3. The monoisotopic (exact) mass is 450 g/mol. The quantitative estimate of drug-likeness (QED) is 0.297. The minimum atomic E-state index is -0.639. The lowest BCUT2D eigenvalue weighted by atomic mass is 10.2. The molecule has 0 aliphatic heterocycles. The molecule has 3 rings (SSSR count). The van der Waals surface area contributed by atoms with E-state index >= 15 is 0 Å². The van der Waals surface area contributed by atoms with Crippen molar-refractivity contribution in [3.8, 4) is 5.75 Å². The second-order valence-electron chi connectivity index (χ2n) is 6.99. The van der Waals surface area contributed by atoms with Crippen molar-refractivity contribution < 1.29 is 19.1 Å². The highest BCUT2D eigenvalue weighted by Crippen LogP contribution is 2.14. The molecule has 0 saturated carbocycles. The van der Waals surface area contributed by atoms with Gasteiger partial charge in [0.25, 0.3) is 5.91 Å². The first kappa shape index (κ1) is 23.5. The molecule has 1 amide bonds. The van der Waals surface area contributed by atoms with Gasteiger partial charge in [0.1, 0.15) is 12.3 Å². The van der Waals surface area contributed by atoms with E-state index in [1.165, 1.54) is 0 Å². The average Bonchev–Trinajstić information content (AvgIpc) is 2.82. The number of carbonyl (C=O) groups is 2. The molecule has 10 nitrogen and oxygen atoms in total. The first-order chi connectivity index (χ1) is 16.0. The van der Waals surface area contributed by atoms with E-state index in [0.29, 0.717) is 17.9 Å². The number of hydrogen-bond acceptors (Lipinski definition) is 9. The molecule has 2 aromatic carbocycles. The maximum absolute atomic E-state index is 12.2. The van der Waals surface area contributed by atoms with Crippen molar-refractivity contribution in [1.29, 1.82) is 0 Å². The SMILES string of the molecule is CCCCOc1ccc(C(=O)NCC(=O)OCc2nc(N)nc(Nc3ccccc3)n2)cc1. The van der Waals surface area contributed by atoms with Gasteiger partial charge in [-0.1, -0.05) is 31.5 Å². The molecule has 0 spiro atoms. The van der Waals surface area contributed by atoms with Crippen molar-refractivity contribution in [3.63, 3.8) is 0 Å². The van der Waals surface area contributed by atoms with Crippen LogP contribution in [0, 0.1) is 0 Å². The lowest BCUT2D eigenvalue weighted by molar-refractivity contribution is -0.143. The maximum Gasteiger partial charge on any atom is 0.325 e. The summed E-state index contributed by atoms with van der Waals surface area (Å²) < 4.78 is 10.7. The van der Waals surface area contributed by atoms with Crippen molar-refractivity contribution in [2.24, 2.45) is 0 Å². The summed E-state index contributed by atoms with van der Waals surface area (Å²) in [6, 6.07) is 16.0. The summed E-state index contributed by atoms with van der Waals surface area (Å²) >= 11 is 0. The van der Waals surface area contributed by atoms with E-state index in [4.69, 9.17) is 15.2 Å². The van der Waals surface area contributed by atoms with Gasteiger partial charge in [-0.3, -0.25) is 9.59 Å². The third-order valence-electron chi connectivity index (χ3n) is 4.37. The number of rotatable bonds is 11. The summed E-state index contributed by atoms with van der Waals surface area (Å²) in [4.78, 5) is 36.4. The van der Waals surface area contributed by atoms with Gasteiger partial charge in [-0.2, -0.15) is 15.0 Å². The van der Waals surface area contributed by atoms with Crippen LogP contribution in [0.1, 0.15) is 35.9 Å². The zero-order valence-corrected chi connectivity index (χ0v) is 18.3. The number of benzene rings is 2. The number of nitrogens with one attached hydrogen (secondary N) is 2. The molecule has 33 heavy (non-hydrogen) atoms. The molecule has 0 fully saturated rings. The van der Waals surface area contributed by atoms with Gasteiger partial charge in [0.15, 0.2) is 12.4 Å². The molecule has 0 aliphatic carbocycles. The van der Waals surface area contributed by atoms with E-state index < -0.39 is 11.9 Å². The Bertz CT molecular complexity index is 1060. The minimum absolute atomic E-state index is 0.00935. The Morgan fingerprint density at radius 3 is 2.48 bits per heavy atom. The number of ether oxygens (including phenoxy) is 2. The third-order valence-corrected chi connectivity index (χ3v) is 4.37. The highest BCUT2D eigenvalue weighted by atomic mass is 16.5. The zero-order valence-electron chi connectivity index (χ0n) is 18.3. The number of hydrogen-bond donors (Lipinski definition) is 3. The van der Waals surface area contributed by atoms with Gasteiger partial charge in [-0.05, 0) is 42.8 Å². The maximum atomic E-state index is 12.2. The summed E-state index contributed by atoms with van der Waals surface area (Å²) in [5.74, 6) is 0.0572. The van der Waals surface area contributed by atoms with Gasteiger partial charge < -0.3 is 25.8 Å². The molecule has 4 N–H and O–H groups in total. The van der Waals surface area contributed by atoms with E-state index in [2.05, 4.69) is 32.5 Å². The van der Waals surface area contributed by atoms with Crippen molar-refractivity contribution in [3.05, 3.63) is 66.0 Å². The fourth-order valence-electron chi connectivity index (χ4n) is 2.70. The third kappa shape index (κ3) is 7.76. The molecule has 3 aromatic rings. The van der Waals surface area contributed by atoms with Crippen molar-refractivity contribution in [1.82, 2.24) is 20.3 Å². The van der Waals surface area contributed by atoms with Crippen molar-refractivity contribution in [2.45, 2.75) is 26.4 Å². The fourth-order valence-corrected chi connectivity index (χ4v) is 2.70.